The third-order valence-corrected chi connectivity index (χ3v) is 1.88. The quantitative estimate of drug-likeness (QED) is 0.527. The Balaban J connectivity index is 2.06. The zero-order valence-corrected chi connectivity index (χ0v) is 8.75. The maximum Gasteiger partial charge on any atom is 0.227 e. The van der Waals surface area contributed by atoms with Crippen LogP contribution in [0.5, 0.6) is 0 Å². The van der Waals surface area contributed by atoms with Gasteiger partial charge in [0.2, 0.25) is 5.91 Å². The number of hydrogen-bond donors (Lipinski definition) is 2. The van der Waals surface area contributed by atoms with Crippen molar-refractivity contribution in [2.75, 3.05) is 6.54 Å². The first-order valence-electron chi connectivity index (χ1n) is 4.93. The number of hydrogen-bond acceptors (Lipinski definition) is 3. The zero-order chi connectivity index (χ0) is 11.1. The van der Waals surface area contributed by atoms with Gasteiger partial charge < -0.3 is 10.3 Å². The Morgan fingerprint density at radius 3 is 2.93 bits per heavy atom. The van der Waals surface area contributed by atoms with E-state index in [4.69, 9.17) is 0 Å². The van der Waals surface area contributed by atoms with Crippen molar-refractivity contribution >= 4 is 11.7 Å². The van der Waals surface area contributed by atoms with Gasteiger partial charge in [-0.25, -0.2) is 4.98 Å². The number of Topliss-reactive ketones (excluding diaryl/α,β-unsaturated/α-hetero) is 1. The van der Waals surface area contributed by atoms with Crippen LogP contribution in [-0.2, 0) is 16.0 Å². The smallest absolute Gasteiger partial charge is 0.227 e. The average molecular weight is 209 g/mol. The summed E-state index contributed by atoms with van der Waals surface area (Å²) < 4.78 is 0. The molecule has 0 aliphatic carbocycles. The molecule has 5 nitrogen and oxygen atoms in total. The molecule has 1 amide bonds. The summed E-state index contributed by atoms with van der Waals surface area (Å²) >= 11 is 0. The average Bonchev–Trinajstić information content (AvgIpc) is 2.63. The SMILES string of the molecule is CC(=O)CC(=O)NCCCc1ncc[nH]1. The van der Waals surface area contributed by atoms with Gasteiger partial charge in [0, 0.05) is 25.4 Å². The molecule has 0 aliphatic rings. The Kier molecular flexibility index (Phi) is 4.53. The van der Waals surface area contributed by atoms with Crippen LogP contribution in [0.25, 0.3) is 0 Å². The Morgan fingerprint density at radius 2 is 2.33 bits per heavy atom. The van der Waals surface area contributed by atoms with Crippen molar-refractivity contribution in [3.63, 3.8) is 0 Å². The topological polar surface area (TPSA) is 74.8 Å². The highest BCUT2D eigenvalue weighted by atomic mass is 16.2. The van der Waals surface area contributed by atoms with Gasteiger partial charge in [-0.1, -0.05) is 0 Å². The molecule has 0 atom stereocenters. The van der Waals surface area contributed by atoms with E-state index < -0.39 is 0 Å². The summed E-state index contributed by atoms with van der Waals surface area (Å²) in [6.45, 7) is 1.98. The standard InChI is InChI=1S/C10H15N3O2/c1-8(14)7-10(15)13-4-2-3-9-11-5-6-12-9/h5-6H,2-4,7H2,1H3,(H,11,12)(H,13,15). The predicted molar refractivity (Wildman–Crippen MR) is 55.2 cm³/mol. The van der Waals surface area contributed by atoms with Crippen molar-refractivity contribution in [3.8, 4) is 0 Å². The Hall–Kier alpha value is -1.65. The van der Waals surface area contributed by atoms with Crippen molar-refractivity contribution in [2.24, 2.45) is 0 Å². The van der Waals surface area contributed by atoms with Gasteiger partial charge in [0.1, 0.15) is 11.6 Å². The van der Waals surface area contributed by atoms with Crippen LogP contribution in [0.4, 0.5) is 0 Å². The molecule has 1 aromatic heterocycles. The number of aromatic nitrogens is 2. The molecule has 0 aliphatic heterocycles. The van der Waals surface area contributed by atoms with Gasteiger partial charge in [-0.2, -0.15) is 0 Å². The first kappa shape index (κ1) is 11.4. The molecule has 0 saturated heterocycles. The number of aryl methyl sites for hydroxylation is 1. The predicted octanol–water partition coefficient (Wildman–Crippen LogP) is 0.438. The lowest BCUT2D eigenvalue weighted by molar-refractivity contribution is -0.127. The fraction of sp³-hybridized carbons (Fsp3) is 0.500. The number of carbonyl (C=O) groups is 2. The number of nitrogens with one attached hydrogen (secondary N) is 2. The molecule has 0 unspecified atom stereocenters. The fourth-order valence-corrected chi connectivity index (χ4v) is 1.21. The minimum atomic E-state index is -0.207. The van der Waals surface area contributed by atoms with Crippen molar-refractivity contribution in [1.29, 1.82) is 0 Å². The van der Waals surface area contributed by atoms with Gasteiger partial charge in [0.15, 0.2) is 0 Å². The first-order valence-corrected chi connectivity index (χ1v) is 4.93. The van der Waals surface area contributed by atoms with Crippen LogP contribution in [-0.4, -0.2) is 28.2 Å². The Labute approximate surface area is 88.3 Å². The number of nitrogens with zero attached hydrogens (tertiary/aromatic N) is 1. The maximum atomic E-state index is 11.1. The van der Waals surface area contributed by atoms with Gasteiger partial charge in [0.05, 0.1) is 6.42 Å². The van der Waals surface area contributed by atoms with E-state index in [0.717, 1.165) is 18.7 Å². The lowest BCUT2D eigenvalue weighted by Crippen LogP contribution is -2.26. The number of amides is 1. The summed E-state index contributed by atoms with van der Waals surface area (Å²) in [6, 6.07) is 0. The molecule has 0 radical (unpaired) electrons. The minimum Gasteiger partial charge on any atom is -0.356 e. The monoisotopic (exact) mass is 209 g/mol. The van der Waals surface area contributed by atoms with E-state index >= 15 is 0 Å². The largest absolute Gasteiger partial charge is 0.356 e. The molecule has 0 fully saturated rings. The molecule has 0 saturated carbocycles. The molecule has 1 heterocycles. The highest BCUT2D eigenvalue weighted by Gasteiger charge is 2.03. The van der Waals surface area contributed by atoms with Crippen LogP contribution < -0.4 is 5.32 Å². The molecule has 0 bridgehead atoms. The zero-order valence-electron chi connectivity index (χ0n) is 8.75. The maximum absolute atomic E-state index is 11.1. The Morgan fingerprint density at radius 1 is 1.53 bits per heavy atom. The van der Waals surface area contributed by atoms with Crippen LogP contribution >= 0.6 is 0 Å². The number of H-pyrrole nitrogens is 1. The molecular formula is C10H15N3O2. The van der Waals surface area contributed by atoms with Crippen LogP contribution in [0.2, 0.25) is 0 Å². The van der Waals surface area contributed by atoms with Gasteiger partial charge in [-0.15, -0.1) is 0 Å². The molecule has 1 aromatic rings. The molecular weight excluding hydrogens is 194 g/mol. The van der Waals surface area contributed by atoms with Gasteiger partial charge in [-0.3, -0.25) is 9.59 Å². The highest BCUT2D eigenvalue weighted by Crippen LogP contribution is 1.93. The number of aromatic amines is 1. The van der Waals surface area contributed by atoms with E-state index in [9.17, 15) is 9.59 Å². The molecule has 82 valence electrons. The van der Waals surface area contributed by atoms with Crippen LogP contribution in [0.3, 0.4) is 0 Å². The van der Waals surface area contributed by atoms with E-state index in [2.05, 4.69) is 15.3 Å². The molecule has 5 heteroatoms. The lowest BCUT2D eigenvalue weighted by atomic mass is 10.2. The third-order valence-electron chi connectivity index (χ3n) is 1.88. The van der Waals surface area contributed by atoms with Crippen molar-refractivity contribution < 1.29 is 9.59 Å². The molecule has 15 heavy (non-hydrogen) atoms. The van der Waals surface area contributed by atoms with Crippen LogP contribution in [0.1, 0.15) is 25.6 Å². The number of imidazole rings is 1. The summed E-state index contributed by atoms with van der Waals surface area (Å²) in [5, 5.41) is 2.67. The molecule has 2 N–H and O–H groups in total. The van der Waals surface area contributed by atoms with Gasteiger partial charge >= 0.3 is 0 Å². The highest BCUT2D eigenvalue weighted by molar-refractivity contribution is 5.96. The van der Waals surface area contributed by atoms with Gasteiger partial charge in [-0.05, 0) is 13.3 Å². The summed E-state index contributed by atoms with van der Waals surface area (Å²) in [4.78, 5) is 28.7. The summed E-state index contributed by atoms with van der Waals surface area (Å²) in [5.74, 6) is 0.594. The lowest BCUT2D eigenvalue weighted by Gasteiger charge is -2.02. The number of ketones is 1. The van der Waals surface area contributed by atoms with Crippen molar-refractivity contribution in [2.45, 2.75) is 26.2 Å². The van der Waals surface area contributed by atoms with Crippen molar-refractivity contribution in [3.05, 3.63) is 18.2 Å². The Bertz CT molecular complexity index is 319. The second-order valence-corrected chi connectivity index (χ2v) is 3.37. The van der Waals surface area contributed by atoms with E-state index in [1.807, 2.05) is 0 Å². The van der Waals surface area contributed by atoms with E-state index in [0.29, 0.717) is 6.54 Å². The van der Waals surface area contributed by atoms with E-state index in [1.54, 1.807) is 12.4 Å². The summed E-state index contributed by atoms with van der Waals surface area (Å²) in [7, 11) is 0. The normalized spacial score (nSPS) is 9.93. The molecule has 0 spiro atoms. The number of carbonyl (C=O) groups excluding carboxylic acids is 2. The molecule has 1 rings (SSSR count). The second kappa shape index (κ2) is 5.95. The minimum absolute atomic E-state index is 0.0270. The van der Waals surface area contributed by atoms with E-state index in [-0.39, 0.29) is 18.1 Å². The van der Waals surface area contributed by atoms with E-state index in [1.165, 1.54) is 6.92 Å². The van der Waals surface area contributed by atoms with Crippen LogP contribution in [0, 0.1) is 0 Å². The first-order chi connectivity index (χ1) is 7.18. The fourth-order valence-electron chi connectivity index (χ4n) is 1.21. The number of rotatable bonds is 6. The second-order valence-electron chi connectivity index (χ2n) is 3.37. The third kappa shape index (κ3) is 4.95. The molecule has 0 aromatic carbocycles. The summed E-state index contributed by atoms with van der Waals surface area (Å²) in [6.07, 6.45) is 5.05. The van der Waals surface area contributed by atoms with Crippen LogP contribution in [0.15, 0.2) is 12.4 Å². The van der Waals surface area contributed by atoms with Gasteiger partial charge in [0.25, 0.3) is 0 Å². The van der Waals surface area contributed by atoms with Crippen molar-refractivity contribution in [1.82, 2.24) is 15.3 Å². The summed E-state index contributed by atoms with van der Waals surface area (Å²) in [5.41, 5.74) is 0.